The van der Waals surface area contributed by atoms with Crippen molar-refractivity contribution < 1.29 is 14.3 Å². The molecule has 8 heteroatoms. The molecule has 7 nitrogen and oxygen atoms in total. The average Bonchev–Trinajstić information content (AvgIpc) is 2.72. The molecule has 0 radical (unpaired) electrons. The zero-order valence-electron chi connectivity index (χ0n) is 16.4. The first-order chi connectivity index (χ1) is 14.4. The van der Waals surface area contributed by atoms with E-state index in [9.17, 15) is 9.59 Å². The Morgan fingerprint density at radius 3 is 2.47 bits per heavy atom. The molecule has 30 heavy (non-hydrogen) atoms. The van der Waals surface area contributed by atoms with E-state index in [2.05, 4.69) is 5.32 Å². The van der Waals surface area contributed by atoms with Gasteiger partial charge in [-0.2, -0.15) is 0 Å². The van der Waals surface area contributed by atoms with E-state index in [-0.39, 0.29) is 16.5 Å². The number of hydrogen-bond acceptors (Lipinski definition) is 4. The molecule has 0 aromatic heterocycles. The van der Waals surface area contributed by atoms with Crippen molar-refractivity contribution in [3.8, 4) is 0 Å². The number of aliphatic imine (C=N–C) groups is 1. The van der Waals surface area contributed by atoms with Gasteiger partial charge in [-0.15, -0.1) is 0 Å². The van der Waals surface area contributed by atoms with Crippen molar-refractivity contribution in [3.63, 3.8) is 0 Å². The number of benzene rings is 2. The van der Waals surface area contributed by atoms with E-state index in [1.165, 1.54) is 0 Å². The summed E-state index contributed by atoms with van der Waals surface area (Å²) in [4.78, 5) is 28.6. The predicted molar refractivity (Wildman–Crippen MR) is 116 cm³/mol. The van der Waals surface area contributed by atoms with Gasteiger partial charge < -0.3 is 21.5 Å². The van der Waals surface area contributed by atoms with Gasteiger partial charge in [0.15, 0.2) is 0 Å². The number of rotatable bonds is 4. The summed E-state index contributed by atoms with van der Waals surface area (Å²) < 4.78 is 5.59. The van der Waals surface area contributed by atoms with Gasteiger partial charge in [-0.3, -0.25) is 14.6 Å². The normalized spacial score (nSPS) is 18.6. The highest BCUT2D eigenvalue weighted by Crippen LogP contribution is 2.42. The lowest BCUT2D eigenvalue weighted by atomic mass is 9.71. The molecule has 2 aliphatic rings. The Morgan fingerprint density at radius 1 is 1.10 bits per heavy atom. The van der Waals surface area contributed by atoms with Crippen LogP contribution in [0.2, 0.25) is 5.02 Å². The molecule has 0 aliphatic carbocycles. The zero-order valence-corrected chi connectivity index (χ0v) is 17.2. The van der Waals surface area contributed by atoms with Crippen LogP contribution in [0.1, 0.15) is 44.7 Å². The molecule has 2 aromatic rings. The molecule has 156 valence electrons. The van der Waals surface area contributed by atoms with E-state index < -0.39 is 11.8 Å². The van der Waals surface area contributed by atoms with Crippen LogP contribution >= 0.6 is 11.6 Å². The molecule has 2 heterocycles. The van der Waals surface area contributed by atoms with Crippen molar-refractivity contribution in [1.29, 1.82) is 0 Å². The van der Waals surface area contributed by atoms with Gasteiger partial charge in [-0.05, 0) is 54.7 Å². The standard InChI is InChI=1S/C22H23ClN4O3/c23-15-3-1-2-13(8-15)12-26-21-22(4-6-30-7-5-22)11-14-9-16(19(24)28)17(20(25)29)10-18(14)27-21/h1-3,8-10H,4-7,11-12H2,(H2,24,28)(H2,25,29)(H,26,27). The second kappa shape index (κ2) is 8.08. The zero-order chi connectivity index (χ0) is 21.3. The van der Waals surface area contributed by atoms with Crippen molar-refractivity contribution in [2.75, 3.05) is 18.5 Å². The molecule has 0 saturated carbocycles. The molecule has 1 fully saturated rings. The number of carbonyl (C=O) groups is 2. The molecule has 0 bridgehead atoms. The van der Waals surface area contributed by atoms with E-state index in [1.807, 2.05) is 24.3 Å². The summed E-state index contributed by atoms with van der Waals surface area (Å²) in [7, 11) is 0. The Kier molecular flexibility index (Phi) is 5.49. The fourth-order valence-corrected chi connectivity index (χ4v) is 4.42. The number of nitrogens with two attached hydrogens (primary N) is 2. The van der Waals surface area contributed by atoms with Gasteiger partial charge in [-0.1, -0.05) is 23.7 Å². The number of carbonyl (C=O) groups excluding carboxylic acids is 2. The molecule has 1 saturated heterocycles. The first-order valence-corrected chi connectivity index (χ1v) is 10.2. The lowest BCUT2D eigenvalue weighted by Gasteiger charge is -2.42. The molecular weight excluding hydrogens is 404 g/mol. The molecule has 1 spiro atoms. The number of anilines is 1. The van der Waals surface area contributed by atoms with Gasteiger partial charge in [0.25, 0.3) is 0 Å². The summed E-state index contributed by atoms with van der Waals surface area (Å²) in [5.74, 6) is -0.522. The average molecular weight is 427 g/mol. The molecule has 4 rings (SSSR count). The Labute approximate surface area is 179 Å². The number of hydrogen-bond donors (Lipinski definition) is 3. The number of amidine groups is 1. The molecule has 2 aromatic carbocycles. The Morgan fingerprint density at radius 2 is 1.80 bits per heavy atom. The maximum absolute atomic E-state index is 11.9. The number of primary amides is 2. The van der Waals surface area contributed by atoms with Crippen LogP contribution in [-0.2, 0) is 17.7 Å². The van der Waals surface area contributed by atoms with Gasteiger partial charge >= 0.3 is 0 Å². The summed E-state index contributed by atoms with van der Waals surface area (Å²) in [6.45, 7) is 1.74. The van der Waals surface area contributed by atoms with Gasteiger partial charge in [0, 0.05) is 29.3 Å². The summed E-state index contributed by atoms with van der Waals surface area (Å²) >= 11 is 6.10. The molecule has 2 aliphatic heterocycles. The third-order valence-corrected chi connectivity index (χ3v) is 6.05. The predicted octanol–water partition coefficient (Wildman–Crippen LogP) is 2.90. The van der Waals surface area contributed by atoms with E-state index in [1.54, 1.807) is 12.1 Å². The minimum atomic E-state index is -0.697. The highest BCUT2D eigenvalue weighted by Gasteiger charge is 2.42. The van der Waals surface area contributed by atoms with Gasteiger partial charge in [-0.25, -0.2) is 0 Å². The van der Waals surface area contributed by atoms with Crippen molar-refractivity contribution in [3.05, 3.63) is 63.7 Å². The smallest absolute Gasteiger partial charge is 0.249 e. The van der Waals surface area contributed by atoms with E-state index in [0.717, 1.165) is 35.5 Å². The molecule has 2 amide bonds. The van der Waals surface area contributed by atoms with Gasteiger partial charge in [0.2, 0.25) is 11.8 Å². The number of halogens is 1. The SMILES string of the molecule is NC(=O)c1cc2c(cc1C(N)=O)NC(=NCc1cccc(Cl)c1)C1(CCOCC1)C2. The van der Waals surface area contributed by atoms with Crippen LogP contribution in [0.15, 0.2) is 41.4 Å². The number of fused-ring (bicyclic) bond motifs is 1. The van der Waals surface area contributed by atoms with Crippen molar-refractivity contribution in [2.45, 2.75) is 25.8 Å². The largest absolute Gasteiger partial charge is 0.381 e. The minimum Gasteiger partial charge on any atom is -0.381 e. The number of nitrogens with zero attached hydrogens (tertiary/aromatic N) is 1. The van der Waals surface area contributed by atoms with Crippen molar-refractivity contribution >= 4 is 34.9 Å². The second-order valence-electron chi connectivity index (χ2n) is 7.77. The minimum absolute atomic E-state index is 0.103. The Balaban J connectivity index is 1.75. The quantitative estimate of drug-likeness (QED) is 0.696. The fourth-order valence-electron chi connectivity index (χ4n) is 4.21. The van der Waals surface area contributed by atoms with Crippen LogP contribution in [-0.4, -0.2) is 30.9 Å². The molecule has 0 atom stereocenters. The summed E-state index contributed by atoms with van der Waals surface area (Å²) in [6.07, 6.45) is 2.28. The highest BCUT2D eigenvalue weighted by molar-refractivity contribution is 6.30. The summed E-state index contributed by atoms with van der Waals surface area (Å²) in [5, 5.41) is 4.07. The van der Waals surface area contributed by atoms with Crippen LogP contribution < -0.4 is 16.8 Å². The van der Waals surface area contributed by atoms with Crippen LogP contribution in [0.3, 0.4) is 0 Å². The second-order valence-corrected chi connectivity index (χ2v) is 8.21. The van der Waals surface area contributed by atoms with Gasteiger partial charge in [0.05, 0.1) is 17.7 Å². The number of ether oxygens (including phenoxy) is 1. The highest BCUT2D eigenvalue weighted by atomic mass is 35.5. The first-order valence-electron chi connectivity index (χ1n) is 9.79. The van der Waals surface area contributed by atoms with Crippen LogP contribution in [0.4, 0.5) is 5.69 Å². The molecule has 0 unspecified atom stereocenters. The topological polar surface area (TPSA) is 120 Å². The Hall–Kier alpha value is -2.90. The van der Waals surface area contributed by atoms with Crippen LogP contribution in [0, 0.1) is 5.41 Å². The molecular formula is C22H23ClN4O3. The fraction of sp³-hybridized carbons (Fsp3) is 0.318. The van der Waals surface area contributed by atoms with E-state index in [0.29, 0.717) is 31.2 Å². The van der Waals surface area contributed by atoms with E-state index in [4.69, 9.17) is 32.8 Å². The Bertz CT molecular complexity index is 1040. The van der Waals surface area contributed by atoms with Crippen molar-refractivity contribution in [1.82, 2.24) is 0 Å². The number of amides is 2. The summed E-state index contributed by atoms with van der Waals surface area (Å²) in [6, 6.07) is 10.9. The maximum Gasteiger partial charge on any atom is 0.249 e. The van der Waals surface area contributed by atoms with Crippen LogP contribution in [0.25, 0.3) is 0 Å². The molecule has 5 N–H and O–H groups in total. The van der Waals surface area contributed by atoms with Crippen LogP contribution in [0.5, 0.6) is 0 Å². The first kappa shape index (κ1) is 20.4. The lowest BCUT2D eigenvalue weighted by Crippen LogP contribution is -2.46. The number of nitrogens with one attached hydrogen (secondary N) is 1. The third-order valence-electron chi connectivity index (χ3n) is 5.82. The lowest BCUT2D eigenvalue weighted by molar-refractivity contribution is 0.0448. The third kappa shape index (κ3) is 3.91. The summed E-state index contributed by atoms with van der Waals surface area (Å²) in [5.41, 5.74) is 13.6. The monoisotopic (exact) mass is 426 g/mol. The van der Waals surface area contributed by atoms with Crippen molar-refractivity contribution in [2.24, 2.45) is 21.9 Å². The van der Waals surface area contributed by atoms with Gasteiger partial charge in [0.1, 0.15) is 5.84 Å². The van der Waals surface area contributed by atoms with E-state index >= 15 is 0 Å². The maximum atomic E-state index is 11.9.